The predicted octanol–water partition coefficient (Wildman–Crippen LogP) is 3.37. The maximum absolute atomic E-state index is 13.2. The highest BCUT2D eigenvalue weighted by Gasteiger charge is 2.35. The van der Waals surface area contributed by atoms with E-state index in [1.165, 1.54) is 10.4 Å². The minimum absolute atomic E-state index is 0.0158. The van der Waals surface area contributed by atoms with Gasteiger partial charge in [0.15, 0.2) is 0 Å². The van der Waals surface area contributed by atoms with E-state index in [1.54, 1.807) is 23.9 Å². The molecule has 4 heterocycles. The summed E-state index contributed by atoms with van der Waals surface area (Å²) < 4.78 is 42.6. The summed E-state index contributed by atoms with van der Waals surface area (Å²) in [5, 5.41) is 7.43. The molecule has 0 radical (unpaired) electrons. The summed E-state index contributed by atoms with van der Waals surface area (Å²) in [6, 6.07) is 6.68. The monoisotopic (exact) mass is 444 g/mol. The first-order valence-electron chi connectivity index (χ1n) is 10.2. The topological polar surface area (TPSA) is 93.0 Å². The minimum atomic E-state index is -3.61. The van der Waals surface area contributed by atoms with E-state index in [2.05, 4.69) is 20.4 Å². The summed E-state index contributed by atoms with van der Waals surface area (Å²) in [7, 11) is -3.61. The van der Waals surface area contributed by atoms with Crippen LogP contribution in [-0.2, 0) is 16.6 Å². The van der Waals surface area contributed by atoms with Crippen LogP contribution in [0, 0.1) is 19.7 Å². The molecule has 3 aromatic heterocycles. The third-order valence-corrected chi connectivity index (χ3v) is 7.35. The van der Waals surface area contributed by atoms with Crippen molar-refractivity contribution in [1.82, 2.24) is 24.1 Å². The summed E-state index contributed by atoms with van der Waals surface area (Å²) >= 11 is 0. The summed E-state index contributed by atoms with van der Waals surface area (Å²) in [6.45, 7) is 6.94. The summed E-state index contributed by atoms with van der Waals surface area (Å²) in [5.74, 6) is 0.110. The number of aromatic nitrogens is 4. The van der Waals surface area contributed by atoms with Crippen molar-refractivity contribution in [2.24, 2.45) is 0 Å². The van der Waals surface area contributed by atoms with Crippen molar-refractivity contribution < 1.29 is 12.8 Å². The first-order chi connectivity index (χ1) is 14.8. The highest BCUT2D eigenvalue weighted by molar-refractivity contribution is 7.89. The Balaban J connectivity index is 1.54. The Morgan fingerprint density at radius 1 is 1.26 bits per heavy atom. The number of rotatable bonds is 6. The van der Waals surface area contributed by atoms with Gasteiger partial charge < -0.3 is 5.32 Å². The van der Waals surface area contributed by atoms with Crippen molar-refractivity contribution in [2.75, 3.05) is 18.4 Å². The Morgan fingerprint density at radius 2 is 2.06 bits per heavy atom. The van der Waals surface area contributed by atoms with Gasteiger partial charge in [0.2, 0.25) is 10.0 Å². The van der Waals surface area contributed by atoms with E-state index < -0.39 is 15.8 Å². The van der Waals surface area contributed by atoms with Gasteiger partial charge in [-0.05, 0) is 51.5 Å². The SMILES string of the molecule is CCn1cc(S(=O)(=O)N2CC[C@@H](c3cc(Nc4ccc(F)cn4)cc(C)n3)C2)c(C)n1. The minimum Gasteiger partial charge on any atom is -0.340 e. The maximum Gasteiger partial charge on any atom is 0.246 e. The molecule has 164 valence electrons. The van der Waals surface area contributed by atoms with Crippen molar-refractivity contribution in [3.8, 4) is 0 Å². The normalized spacial score (nSPS) is 17.2. The molecule has 3 aromatic rings. The van der Waals surface area contributed by atoms with Crippen molar-refractivity contribution in [2.45, 2.75) is 44.6 Å². The van der Waals surface area contributed by atoms with Gasteiger partial charge in [-0.25, -0.2) is 17.8 Å². The Bertz CT molecular complexity index is 1190. The van der Waals surface area contributed by atoms with Crippen LogP contribution in [0.3, 0.4) is 0 Å². The fourth-order valence-electron chi connectivity index (χ4n) is 3.82. The lowest BCUT2D eigenvalue weighted by Crippen LogP contribution is -2.29. The molecule has 1 aliphatic rings. The average molecular weight is 445 g/mol. The molecule has 1 fully saturated rings. The molecule has 0 amide bonds. The first kappa shape index (κ1) is 21.4. The third-order valence-electron chi connectivity index (χ3n) is 5.39. The lowest BCUT2D eigenvalue weighted by Gasteiger charge is -2.17. The fraction of sp³-hybridized carbons (Fsp3) is 0.381. The number of aryl methyl sites for hydroxylation is 3. The van der Waals surface area contributed by atoms with Gasteiger partial charge in [0.05, 0.1) is 11.9 Å². The molecule has 4 rings (SSSR count). The molecular weight excluding hydrogens is 419 g/mol. The molecule has 0 spiro atoms. The predicted molar refractivity (Wildman–Crippen MR) is 115 cm³/mol. The van der Waals surface area contributed by atoms with Gasteiger partial charge >= 0.3 is 0 Å². The fourth-order valence-corrected chi connectivity index (χ4v) is 5.48. The highest BCUT2D eigenvalue weighted by Crippen LogP contribution is 2.32. The first-order valence-corrected chi connectivity index (χ1v) is 11.6. The number of pyridine rings is 2. The molecular formula is C21H25FN6O2S. The quantitative estimate of drug-likeness (QED) is 0.627. The molecule has 1 saturated heterocycles. The van der Waals surface area contributed by atoms with E-state index >= 15 is 0 Å². The number of hydrogen-bond donors (Lipinski definition) is 1. The van der Waals surface area contributed by atoms with Crippen LogP contribution in [-0.4, -0.2) is 45.6 Å². The third kappa shape index (κ3) is 4.45. The van der Waals surface area contributed by atoms with Gasteiger partial charge in [-0.1, -0.05) is 0 Å². The highest BCUT2D eigenvalue weighted by atomic mass is 32.2. The van der Waals surface area contributed by atoms with Crippen LogP contribution in [0.1, 0.15) is 36.3 Å². The Labute approximate surface area is 181 Å². The number of hydrogen-bond acceptors (Lipinski definition) is 6. The van der Waals surface area contributed by atoms with Crippen LogP contribution in [0.15, 0.2) is 41.6 Å². The summed E-state index contributed by atoms with van der Waals surface area (Å²) in [5.41, 5.74) is 2.92. The number of nitrogens with one attached hydrogen (secondary N) is 1. The summed E-state index contributed by atoms with van der Waals surface area (Å²) in [4.78, 5) is 8.92. The van der Waals surface area contributed by atoms with E-state index in [9.17, 15) is 12.8 Å². The molecule has 0 aromatic carbocycles. The second kappa shape index (κ2) is 8.35. The zero-order valence-electron chi connectivity index (χ0n) is 17.7. The molecule has 0 saturated carbocycles. The van der Waals surface area contributed by atoms with Crippen molar-refractivity contribution in [3.05, 3.63) is 59.6 Å². The van der Waals surface area contributed by atoms with E-state index in [0.717, 1.165) is 23.3 Å². The number of nitrogens with zero attached hydrogens (tertiary/aromatic N) is 5. The van der Waals surface area contributed by atoms with Gasteiger partial charge in [0.25, 0.3) is 0 Å². The van der Waals surface area contributed by atoms with E-state index in [4.69, 9.17) is 0 Å². The van der Waals surface area contributed by atoms with Crippen LogP contribution >= 0.6 is 0 Å². The van der Waals surface area contributed by atoms with Crippen LogP contribution in [0.2, 0.25) is 0 Å². The second-order valence-electron chi connectivity index (χ2n) is 7.69. The van der Waals surface area contributed by atoms with Crippen molar-refractivity contribution in [1.29, 1.82) is 0 Å². The molecule has 0 aliphatic carbocycles. The van der Waals surface area contributed by atoms with Crippen molar-refractivity contribution in [3.63, 3.8) is 0 Å². The average Bonchev–Trinajstić information content (AvgIpc) is 3.37. The number of anilines is 2. The molecule has 1 aliphatic heterocycles. The number of sulfonamides is 1. The van der Waals surface area contributed by atoms with Crippen LogP contribution in [0.5, 0.6) is 0 Å². The van der Waals surface area contributed by atoms with Gasteiger partial charge in [0, 0.05) is 48.8 Å². The second-order valence-corrected chi connectivity index (χ2v) is 9.60. The maximum atomic E-state index is 13.2. The summed E-state index contributed by atoms with van der Waals surface area (Å²) in [6.07, 6.45) is 3.44. The van der Waals surface area contributed by atoms with E-state index in [1.807, 2.05) is 26.0 Å². The van der Waals surface area contributed by atoms with Gasteiger partial charge in [0.1, 0.15) is 16.5 Å². The van der Waals surface area contributed by atoms with Gasteiger partial charge in [-0.15, -0.1) is 0 Å². The van der Waals surface area contributed by atoms with Crippen LogP contribution < -0.4 is 5.32 Å². The number of halogens is 1. The molecule has 8 nitrogen and oxygen atoms in total. The Kier molecular flexibility index (Phi) is 5.76. The van der Waals surface area contributed by atoms with E-state index in [-0.39, 0.29) is 10.8 Å². The van der Waals surface area contributed by atoms with Crippen LogP contribution in [0.4, 0.5) is 15.9 Å². The Hall–Kier alpha value is -2.85. The van der Waals surface area contributed by atoms with E-state index in [0.29, 0.717) is 37.6 Å². The van der Waals surface area contributed by atoms with Gasteiger partial charge in [-0.2, -0.15) is 9.40 Å². The lowest BCUT2D eigenvalue weighted by atomic mass is 10.0. The molecule has 1 N–H and O–H groups in total. The largest absolute Gasteiger partial charge is 0.340 e. The zero-order valence-corrected chi connectivity index (χ0v) is 18.5. The van der Waals surface area contributed by atoms with Crippen LogP contribution in [0.25, 0.3) is 0 Å². The molecule has 31 heavy (non-hydrogen) atoms. The van der Waals surface area contributed by atoms with Crippen molar-refractivity contribution >= 4 is 21.5 Å². The Morgan fingerprint density at radius 3 is 2.74 bits per heavy atom. The van der Waals surface area contributed by atoms with Gasteiger partial charge in [-0.3, -0.25) is 9.67 Å². The lowest BCUT2D eigenvalue weighted by molar-refractivity contribution is 0.471. The molecule has 10 heteroatoms. The smallest absolute Gasteiger partial charge is 0.246 e. The zero-order chi connectivity index (χ0) is 22.2. The molecule has 0 bridgehead atoms. The molecule has 1 atom stereocenters. The molecule has 0 unspecified atom stereocenters. The standard InChI is InChI=1S/C21H25FN6O2S/c1-4-27-13-20(15(3)26-27)31(29,30)28-8-7-16(12-28)19-10-18(9-14(2)24-19)25-21-6-5-17(22)11-23-21/h5-6,9-11,13,16H,4,7-8,12H2,1-3H3,(H,23,24,25)/t16-/m1/s1.